The van der Waals surface area contributed by atoms with E-state index in [9.17, 15) is 4.79 Å². The lowest BCUT2D eigenvalue weighted by atomic mass is 10.0. The molecule has 1 saturated carbocycles. The lowest BCUT2D eigenvalue weighted by molar-refractivity contribution is -0.116. The number of rotatable bonds is 7. The smallest absolute Gasteiger partial charge is 0.244 e. The van der Waals surface area contributed by atoms with Gasteiger partial charge in [-0.15, -0.1) is 10.2 Å². The first-order valence-electron chi connectivity index (χ1n) is 8.30. The average Bonchev–Trinajstić information content (AvgIpc) is 3.31. The molecule has 3 rings (SSSR count). The zero-order valence-corrected chi connectivity index (χ0v) is 14.5. The fourth-order valence-corrected chi connectivity index (χ4v) is 2.88. The van der Waals surface area contributed by atoms with Crippen molar-refractivity contribution in [1.29, 1.82) is 0 Å². The van der Waals surface area contributed by atoms with Crippen molar-refractivity contribution in [1.82, 2.24) is 20.1 Å². The average molecular weight is 345 g/mol. The number of benzene rings is 1. The summed E-state index contributed by atoms with van der Waals surface area (Å²) in [5.41, 5.74) is 1.95. The van der Waals surface area contributed by atoms with Gasteiger partial charge in [-0.05, 0) is 42.5 Å². The van der Waals surface area contributed by atoms with Crippen molar-refractivity contribution >= 4 is 23.1 Å². The van der Waals surface area contributed by atoms with Crippen LogP contribution in [0.15, 0.2) is 36.7 Å². The number of carbonyl (C=O) groups is 1. The fourth-order valence-electron chi connectivity index (χ4n) is 2.69. The van der Waals surface area contributed by atoms with E-state index in [0.717, 1.165) is 23.4 Å². The first-order valence-corrected chi connectivity index (χ1v) is 8.68. The molecule has 1 fully saturated rings. The van der Waals surface area contributed by atoms with Crippen LogP contribution in [0.1, 0.15) is 43.6 Å². The molecule has 1 amide bonds. The summed E-state index contributed by atoms with van der Waals surface area (Å²) in [5, 5.41) is 11.7. The molecule has 1 aliphatic carbocycles. The minimum absolute atomic E-state index is 0.0932. The summed E-state index contributed by atoms with van der Waals surface area (Å²) >= 11 is 6.03. The third-order valence-corrected chi connectivity index (χ3v) is 4.35. The summed E-state index contributed by atoms with van der Waals surface area (Å²) in [6.07, 6.45) is 7.28. The lowest BCUT2D eigenvalue weighted by Crippen LogP contribution is -2.25. The minimum Gasteiger partial charge on any atom is -0.352 e. The Balaban J connectivity index is 1.56. The van der Waals surface area contributed by atoms with E-state index >= 15 is 0 Å². The molecule has 5 nitrogen and oxygen atoms in total. The van der Waals surface area contributed by atoms with E-state index < -0.39 is 0 Å². The maximum atomic E-state index is 12.2. The van der Waals surface area contributed by atoms with E-state index in [4.69, 9.17) is 11.6 Å². The molecule has 6 heteroatoms. The number of hydrogen-bond acceptors (Lipinski definition) is 3. The number of halogens is 1. The van der Waals surface area contributed by atoms with Gasteiger partial charge in [0.2, 0.25) is 5.91 Å². The first kappa shape index (κ1) is 16.7. The van der Waals surface area contributed by atoms with Crippen LogP contribution < -0.4 is 5.32 Å². The molecule has 0 aliphatic heterocycles. The van der Waals surface area contributed by atoms with Crippen LogP contribution in [0.4, 0.5) is 0 Å². The first-order chi connectivity index (χ1) is 11.7. The number of carbonyl (C=O) groups excluding carboxylic acids is 1. The Hall–Kier alpha value is -2.14. The molecule has 0 spiro atoms. The van der Waals surface area contributed by atoms with E-state index in [-0.39, 0.29) is 5.91 Å². The van der Waals surface area contributed by atoms with E-state index in [2.05, 4.69) is 20.1 Å². The van der Waals surface area contributed by atoms with Gasteiger partial charge < -0.3 is 9.88 Å². The molecule has 1 aromatic heterocycles. The number of aromatic nitrogens is 3. The van der Waals surface area contributed by atoms with Crippen molar-refractivity contribution in [3.8, 4) is 0 Å². The molecule has 24 heavy (non-hydrogen) atoms. The highest BCUT2D eigenvalue weighted by atomic mass is 35.5. The van der Waals surface area contributed by atoms with Gasteiger partial charge in [-0.1, -0.05) is 30.7 Å². The van der Waals surface area contributed by atoms with E-state index in [0.29, 0.717) is 24.0 Å². The van der Waals surface area contributed by atoms with Gasteiger partial charge in [0, 0.05) is 30.1 Å². The standard InChI is InChI=1S/C18H21ClN4O/c1-2-13(14-4-3-5-15(19)10-14)11-18(24)20-9-8-17-22-21-12-23(17)16-6-7-16/h3-5,10-12,16H,2,6-9H2,1H3,(H,20,24)/b13-11-. The van der Waals surface area contributed by atoms with Gasteiger partial charge in [-0.3, -0.25) is 4.79 Å². The number of hydrogen-bond donors (Lipinski definition) is 1. The van der Waals surface area contributed by atoms with E-state index in [1.807, 2.05) is 31.2 Å². The highest BCUT2D eigenvalue weighted by Crippen LogP contribution is 2.35. The third-order valence-electron chi connectivity index (χ3n) is 4.12. The summed E-state index contributed by atoms with van der Waals surface area (Å²) in [4.78, 5) is 12.2. The monoisotopic (exact) mass is 344 g/mol. The van der Waals surface area contributed by atoms with Crippen molar-refractivity contribution in [3.63, 3.8) is 0 Å². The van der Waals surface area contributed by atoms with Gasteiger partial charge in [0.1, 0.15) is 12.2 Å². The summed E-state index contributed by atoms with van der Waals surface area (Å²) in [7, 11) is 0. The van der Waals surface area contributed by atoms with Gasteiger partial charge in [0.05, 0.1) is 0 Å². The van der Waals surface area contributed by atoms with Crippen LogP contribution in [0, 0.1) is 0 Å². The topological polar surface area (TPSA) is 59.8 Å². The molecule has 0 unspecified atom stereocenters. The Morgan fingerprint density at radius 3 is 3.00 bits per heavy atom. The quantitative estimate of drug-likeness (QED) is 0.783. The highest BCUT2D eigenvalue weighted by molar-refractivity contribution is 6.30. The second kappa shape index (κ2) is 7.62. The molecule has 1 heterocycles. The van der Waals surface area contributed by atoms with Crippen molar-refractivity contribution in [2.45, 2.75) is 38.6 Å². The fraction of sp³-hybridized carbons (Fsp3) is 0.389. The normalized spacial score (nSPS) is 14.7. The van der Waals surface area contributed by atoms with Gasteiger partial charge in [0.15, 0.2) is 0 Å². The Bertz CT molecular complexity index is 749. The van der Waals surface area contributed by atoms with E-state index in [1.165, 1.54) is 12.8 Å². The SMILES string of the molecule is CC/C(=C/C(=O)NCCc1nncn1C1CC1)c1cccc(Cl)c1. The number of amides is 1. The highest BCUT2D eigenvalue weighted by Gasteiger charge is 2.25. The zero-order valence-electron chi connectivity index (χ0n) is 13.7. The molecule has 126 valence electrons. The Morgan fingerprint density at radius 1 is 1.46 bits per heavy atom. The van der Waals surface area contributed by atoms with Crippen LogP contribution in [-0.2, 0) is 11.2 Å². The maximum Gasteiger partial charge on any atom is 0.244 e. The zero-order chi connectivity index (χ0) is 16.9. The summed E-state index contributed by atoms with van der Waals surface area (Å²) in [6.45, 7) is 2.57. The van der Waals surface area contributed by atoms with Crippen LogP contribution in [0.2, 0.25) is 5.02 Å². The predicted molar refractivity (Wildman–Crippen MR) is 94.7 cm³/mol. The van der Waals surface area contributed by atoms with Crippen LogP contribution in [0.5, 0.6) is 0 Å². The molecule has 0 bridgehead atoms. The molecular formula is C18H21ClN4O. The van der Waals surface area contributed by atoms with Crippen LogP contribution in [0.25, 0.3) is 5.57 Å². The van der Waals surface area contributed by atoms with Crippen molar-refractivity contribution in [3.05, 3.63) is 53.1 Å². The van der Waals surface area contributed by atoms with Crippen LogP contribution >= 0.6 is 11.6 Å². The van der Waals surface area contributed by atoms with Gasteiger partial charge in [-0.25, -0.2) is 0 Å². The molecule has 0 atom stereocenters. The molecule has 1 aromatic carbocycles. The second-order valence-corrected chi connectivity index (χ2v) is 6.40. The molecule has 0 radical (unpaired) electrons. The second-order valence-electron chi connectivity index (χ2n) is 5.96. The molecule has 2 aromatic rings. The predicted octanol–water partition coefficient (Wildman–Crippen LogP) is 3.42. The van der Waals surface area contributed by atoms with Crippen molar-refractivity contribution in [2.75, 3.05) is 6.54 Å². The molecule has 1 N–H and O–H groups in total. The van der Waals surface area contributed by atoms with Gasteiger partial charge >= 0.3 is 0 Å². The Kier molecular flexibility index (Phi) is 5.30. The lowest BCUT2D eigenvalue weighted by Gasteiger charge is -2.07. The third kappa shape index (κ3) is 4.23. The Labute approximate surface area is 146 Å². The van der Waals surface area contributed by atoms with Crippen LogP contribution in [0.3, 0.4) is 0 Å². The minimum atomic E-state index is -0.0932. The van der Waals surface area contributed by atoms with E-state index in [1.54, 1.807) is 12.4 Å². The number of nitrogens with zero attached hydrogens (tertiary/aromatic N) is 3. The molecule has 0 saturated heterocycles. The van der Waals surface area contributed by atoms with Crippen LogP contribution in [-0.4, -0.2) is 27.2 Å². The molecular weight excluding hydrogens is 324 g/mol. The molecule has 1 aliphatic rings. The van der Waals surface area contributed by atoms with Crippen molar-refractivity contribution < 1.29 is 4.79 Å². The van der Waals surface area contributed by atoms with Crippen molar-refractivity contribution in [2.24, 2.45) is 0 Å². The maximum absolute atomic E-state index is 12.2. The Morgan fingerprint density at radius 2 is 2.29 bits per heavy atom. The summed E-state index contributed by atoms with van der Waals surface area (Å²) < 4.78 is 2.12. The van der Waals surface area contributed by atoms with Gasteiger partial charge in [-0.2, -0.15) is 0 Å². The summed E-state index contributed by atoms with van der Waals surface area (Å²) in [6, 6.07) is 8.12. The number of allylic oxidation sites excluding steroid dienone is 1. The summed E-state index contributed by atoms with van der Waals surface area (Å²) in [5.74, 6) is 0.844. The number of nitrogens with one attached hydrogen (secondary N) is 1. The van der Waals surface area contributed by atoms with Gasteiger partial charge in [0.25, 0.3) is 0 Å². The largest absolute Gasteiger partial charge is 0.352 e.